The molecule has 3 aliphatic heterocycles. The lowest BCUT2D eigenvalue weighted by atomic mass is 10.2. The Hall–Kier alpha value is -0.210. The van der Waals surface area contributed by atoms with Crippen LogP contribution in [0.1, 0.15) is 51.9 Å². The van der Waals surface area contributed by atoms with Gasteiger partial charge in [0.15, 0.2) is 0 Å². The van der Waals surface area contributed by atoms with Crippen LogP contribution in [0.2, 0.25) is 0 Å². The number of hydrogen-bond acceptors (Lipinski definition) is 4. The summed E-state index contributed by atoms with van der Waals surface area (Å²) in [4.78, 5) is 5.12. The van der Waals surface area contributed by atoms with E-state index in [9.17, 15) is 8.42 Å². The Balaban J connectivity index is 1.52. The quantitative estimate of drug-likeness (QED) is 0.735. The average molecular weight is 373 g/mol. The highest BCUT2D eigenvalue weighted by Gasteiger charge is 2.33. The standard InChI is InChI=1S/C18H36N4O2S/c1-18(17-19-9-4-2-3-5-10-19)20-11-8-14-22(16-15-20)25(23,24)21-12-6-7-13-21/h18H,2-17H2,1H3. The Labute approximate surface area is 154 Å². The average Bonchev–Trinajstić information content (AvgIpc) is 2.86. The summed E-state index contributed by atoms with van der Waals surface area (Å²) < 4.78 is 29.0. The second-order valence-corrected chi connectivity index (χ2v) is 9.89. The summed E-state index contributed by atoms with van der Waals surface area (Å²) in [5.74, 6) is 0. The van der Waals surface area contributed by atoms with Gasteiger partial charge in [0, 0.05) is 45.3 Å². The van der Waals surface area contributed by atoms with Gasteiger partial charge in [0.05, 0.1) is 0 Å². The fourth-order valence-electron chi connectivity index (χ4n) is 4.48. The van der Waals surface area contributed by atoms with Crippen LogP contribution in [0.5, 0.6) is 0 Å². The van der Waals surface area contributed by atoms with Crippen molar-refractivity contribution in [3.63, 3.8) is 0 Å². The molecule has 6 nitrogen and oxygen atoms in total. The maximum absolute atomic E-state index is 12.8. The zero-order valence-corrected chi connectivity index (χ0v) is 16.7. The number of rotatable bonds is 5. The Morgan fingerprint density at radius 2 is 1.24 bits per heavy atom. The van der Waals surface area contributed by atoms with Crippen molar-refractivity contribution < 1.29 is 8.42 Å². The van der Waals surface area contributed by atoms with Crippen LogP contribution in [0.3, 0.4) is 0 Å². The molecule has 146 valence electrons. The van der Waals surface area contributed by atoms with Gasteiger partial charge in [0.25, 0.3) is 10.2 Å². The SMILES string of the molecule is CC(CN1CCCCCC1)N1CCCN(S(=O)(=O)N2CCCC2)CC1. The molecule has 7 heteroatoms. The van der Waals surface area contributed by atoms with E-state index in [-0.39, 0.29) is 0 Å². The van der Waals surface area contributed by atoms with Gasteiger partial charge in [-0.25, -0.2) is 0 Å². The van der Waals surface area contributed by atoms with Crippen molar-refractivity contribution in [1.29, 1.82) is 0 Å². The Kier molecular flexibility index (Phi) is 7.14. The number of hydrogen-bond donors (Lipinski definition) is 0. The van der Waals surface area contributed by atoms with Crippen molar-refractivity contribution in [2.75, 3.05) is 58.9 Å². The highest BCUT2D eigenvalue weighted by Crippen LogP contribution is 2.19. The lowest BCUT2D eigenvalue weighted by Crippen LogP contribution is -2.46. The van der Waals surface area contributed by atoms with Crippen LogP contribution in [-0.4, -0.2) is 91.8 Å². The van der Waals surface area contributed by atoms with Crippen LogP contribution in [0.4, 0.5) is 0 Å². The second kappa shape index (κ2) is 9.13. The van der Waals surface area contributed by atoms with E-state index in [1.54, 1.807) is 8.61 Å². The molecule has 0 aromatic heterocycles. The van der Waals surface area contributed by atoms with Gasteiger partial charge in [0.2, 0.25) is 0 Å². The van der Waals surface area contributed by atoms with Crippen molar-refractivity contribution in [2.45, 2.75) is 57.9 Å². The molecule has 1 atom stereocenters. The molecule has 0 N–H and O–H groups in total. The van der Waals surface area contributed by atoms with Crippen molar-refractivity contribution >= 4 is 10.2 Å². The minimum Gasteiger partial charge on any atom is -0.302 e. The van der Waals surface area contributed by atoms with E-state index in [1.165, 1.54) is 38.8 Å². The Bertz CT molecular complexity index is 499. The van der Waals surface area contributed by atoms with Gasteiger partial charge in [0.1, 0.15) is 0 Å². The third-order valence-corrected chi connectivity index (χ3v) is 8.09. The molecule has 0 amide bonds. The van der Waals surface area contributed by atoms with Crippen molar-refractivity contribution in [3.8, 4) is 0 Å². The minimum atomic E-state index is -3.24. The lowest BCUT2D eigenvalue weighted by Gasteiger charge is -2.32. The first-order valence-corrected chi connectivity index (χ1v) is 11.7. The highest BCUT2D eigenvalue weighted by molar-refractivity contribution is 7.86. The summed E-state index contributed by atoms with van der Waals surface area (Å²) in [6.45, 7) is 10.5. The maximum Gasteiger partial charge on any atom is 0.282 e. The molecule has 3 aliphatic rings. The Morgan fingerprint density at radius 3 is 1.92 bits per heavy atom. The molecule has 3 saturated heterocycles. The van der Waals surface area contributed by atoms with Gasteiger partial charge in [-0.1, -0.05) is 12.8 Å². The molecular weight excluding hydrogens is 336 g/mol. The second-order valence-electron chi connectivity index (χ2n) is 7.97. The molecule has 3 rings (SSSR count). The summed E-state index contributed by atoms with van der Waals surface area (Å²) >= 11 is 0. The van der Waals surface area contributed by atoms with E-state index >= 15 is 0 Å². The van der Waals surface area contributed by atoms with Gasteiger partial charge < -0.3 is 4.90 Å². The minimum absolute atomic E-state index is 0.507. The van der Waals surface area contributed by atoms with E-state index in [4.69, 9.17) is 0 Å². The summed E-state index contributed by atoms with van der Waals surface area (Å²) in [6, 6.07) is 0.507. The fourth-order valence-corrected chi connectivity index (χ4v) is 6.19. The van der Waals surface area contributed by atoms with Crippen molar-refractivity contribution in [1.82, 2.24) is 18.4 Å². The zero-order valence-electron chi connectivity index (χ0n) is 15.9. The Morgan fingerprint density at radius 1 is 0.680 bits per heavy atom. The molecular formula is C18H36N4O2S. The van der Waals surface area contributed by atoms with E-state index in [2.05, 4.69) is 16.7 Å². The monoisotopic (exact) mass is 372 g/mol. The molecule has 0 aromatic carbocycles. The zero-order chi connectivity index (χ0) is 17.7. The van der Waals surface area contributed by atoms with Crippen LogP contribution in [0, 0.1) is 0 Å². The van der Waals surface area contributed by atoms with Gasteiger partial charge in [-0.05, 0) is 58.7 Å². The number of likely N-dealkylation sites (tertiary alicyclic amines) is 1. The topological polar surface area (TPSA) is 47.1 Å². The van der Waals surface area contributed by atoms with E-state index in [0.717, 1.165) is 38.9 Å². The van der Waals surface area contributed by atoms with Gasteiger partial charge >= 0.3 is 0 Å². The fraction of sp³-hybridized carbons (Fsp3) is 1.00. The van der Waals surface area contributed by atoms with Gasteiger partial charge in [-0.2, -0.15) is 17.0 Å². The van der Waals surface area contributed by atoms with Crippen LogP contribution < -0.4 is 0 Å². The van der Waals surface area contributed by atoms with Crippen LogP contribution >= 0.6 is 0 Å². The normalized spacial score (nSPS) is 27.9. The van der Waals surface area contributed by atoms with Gasteiger partial charge in [-0.15, -0.1) is 0 Å². The van der Waals surface area contributed by atoms with E-state index < -0.39 is 10.2 Å². The molecule has 0 saturated carbocycles. The first-order valence-electron chi connectivity index (χ1n) is 10.3. The smallest absolute Gasteiger partial charge is 0.282 e. The van der Waals surface area contributed by atoms with Crippen molar-refractivity contribution in [3.05, 3.63) is 0 Å². The summed E-state index contributed by atoms with van der Waals surface area (Å²) in [5, 5.41) is 0. The van der Waals surface area contributed by atoms with Crippen LogP contribution in [0.15, 0.2) is 0 Å². The molecule has 0 radical (unpaired) electrons. The lowest BCUT2D eigenvalue weighted by molar-refractivity contribution is 0.155. The third kappa shape index (κ3) is 5.16. The maximum atomic E-state index is 12.8. The summed E-state index contributed by atoms with van der Waals surface area (Å²) in [7, 11) is -3.24. The van der Waals surface area contributed by atoms with Gasteiger partial charge in [-0.3, -0.25) is 4.90 Å². The molecule has 1 unspecified atom stereocenters. The first-order chi connectivity index (χ1) is 12.1. The molecule has 25 heavy (non-hydrogen) atoms. The molecule has 0 bridgehead atoms. The predicted molar refractivity (Wildman–Crippen MR) is 102 cm³/mol. The van der Waals surface area contributed by atoms with Crippen molar-refractivity contribution in [2.24, 2.45) is 0 Å². The van der Waals surface area contributed by atoms with E-state index in [0.29, 0.717) is 32.2 Å². The molecule has 0 spiro atoms. The van der Waals surface area contributed by atoms with Crippen LogP contribution in [-0.2, 0) is 10.2 Å². The third-order valence-electron chi connectivity index (χ3n) is 6.05. The largest absolute Gasteiger partial charge is 0.302 e. The molecule has 0 aliphatic carbocycles. The predicted octanol–water partition coefficient (Wildman–Crippen LogP) is 1.60. The highest BCUT2D eigenvalue weighted by atomic mass is 32.2. The molecule has 0 aromatic rings. The molecule has 3 heterocycles. The first kappa shape index (κ1) is 19.5. The molecule has 3 fully saturated rings. The summed E-state index contributed by atoms with van der Waals surface area (Å²) in [5.41, 5.74) is 0. The summed E-state index contributed by atoms with van der Waals surface area (Å²) in [6.07, 6.45) is 8.36. The number of nitrogens with zero attached hydrogens (tertiary/aromatic N) is 4. The van der Waals surface area contributed by atoms with Crippen LogP contribution in [0.25, 0.3) is 0 Å². The van der Waals surface area contributed by atoms with E-state index in [1.807, 2.05) is 0 Å².